The first kappa shape index (κ1) is 40.9. The van der Waals surface area contributed by atoms with Gasteiger partial charge in [-0.15, -0.1) is 23.5 Å². The molecular weight excluding hydrogens is 480 g/mol. The average molecular weight is 517 g/mol. The Hall–Kier alpha value is 1.55. The number of thioether (sulfide) groups is 6. The third kappa shape index (κ3) is 29.5. The van der Waals surface area contributed by atoms with Crippen LogP contribution in [0.5, 0.6) is 0 Å². The molecule has 0 aromatic carbocycles. The first-order valence-electron chi connectivity index (χ1n) is 8.46. The van der Waals surface area contributed by atoms with Crippen molar-refractivity contribution in [1.29, 1.82) is 0 Å². The van der Waals surface area contributed by atoms with Crippen LogP contribution >= 0.6 is 70.6 Å². The Balaban J connectivity index is -0.0000000995. The molecule has 1 N–H and O–H groups in total. The number of hydrogen-bond acceptors (Lipinski definition) is 9. The second-order valence-corrected chi connectivity index (χ2v) is 11.6. The topological polar surface area (TPSA) is 71.4 Å². The van der Waals surface area contributed by atoms with Crippen molar-refractivity contribution in [3.8, 4) is 0 Å². The van der Waals surface area contributed by atoms with E-state index in [0.717, 1.165) is 16.8 Å². The van der Waals surface area contributed by atoms with E-state index in [1.807, 2.05) is 54.1 Å². The summed E-state index contributed by atoms with van der Waals surface area (Å²) in [7, 11) is 0. The molecule has 0 saturated carbocycles. The smallest absolute Gasteiger partial charge is 0.480 e. The predicted octanol–water partition coefficient (Wildman–Crippen LogP) is 3.08. The van der Waals surface area contributed by atoms with Crippen LogP contribution in [0.4, 0.5) is 0 Å². The largest absolute Gasteiger partial charge is 1.00 e. The van der Waals surface area contributed by atoms with Crippen LogP contribution in [0.15, 0.2) is 0 Å². The van der Waals surface area contributed by atoms with Crippen LogP contribution in [0, 0.1) is 6.92 Å². The number of carbonyl (C=O) groups excluding carboxylic acids is 2. The third-order valence-electron chi connectivity index (χ3n) is 3.06. The van der Waals surface area contributed by atoms with E-state index in [0.29, 0.717) is 6.42 Å². The molecule has 0 bridgehead atoms. The molecule has 0 saturated heterocycles. The van der Waals surface area contributed by atoms with Crippen molar-refractivity contribution < 1.29 is 38.4 Å². The fourth-order valence-corrected chi connectivity index (χ4v) is 6.00. The van der Waals surface area contributed by atoms with Crippen LogP contribution < -0.4 is 18.9 Å². The van der Waals surface area contributed by atoms with E-state index >= 15 is 0 Å². The van der Waals surface area contributed by atoms with Gasteiger partial charge in [0.1, 0.15) is 0 Å². The quantitative estimate of drug-likeness (QED) is 0.238. The van der Waals surface area contributed by atoms with Gasteiger partial charge in [0.25, 0.3) is 0 Å². The summed E-state index contributed by atoms with van der Waals surface area (Å²) in [4.78, 5) is 27.2. The standard InChI is InChI=1S/C7H14O2S3.C6H14S3.C4H9.CO2.Li/c1-10-5-4-7(11-2,12-3)6(8)9;1-7-5-4-6(8-2)9-3;1-3-4-2;2-1-3;/h4-5H2,1-3H3,(H,8,9);6H,4-5H2,1-3H3;1,3-4H2,2H3;;/q;;-1;;+1. The van der Waals surface area contributed by atoms with Crippen molar-refractivity contribution in [2.75, 3.05) is 49.0 Å². The second-order valence-electron chi connectivity index (χ2n) is 4.83. The number of aliphatic carboxylic acids is 1. The average Bonchev–Trinajstić information content (AvgIpc) is 2.71. The van der Waals surface area contributed by atoms with Crippen LogP contribution in [-0.4, -0.2) is 74.9 Å². The molecule has 0 spiro atoms. The van der Waals surface area contributed by atoms with Gasteiger partial charge in [0.15, 0.2) is 4.08 Å². The van der Waals surface area contributed by atoms with Gasteiger partial charge in [-0.1, -0.05) is 13.3 Å². The van der Waals surface area contributed by atoms with E-state index < -0.39 is 10.0 Å². The summed E-state index contributed by atoms with van der Waals surface area (Å²) in [6, 6.07) is 0. The predicted molar refractivity (Wildman–Crippen MR) is 139 cm³/mol. The molecule has 4 nitrogen and oxygen atoms in total. The first-order chi connectivity index (χ1) is 13.3. The summed E-state index contributed by atoms with van der Waals surface area (Å²) in [5.41, 5.74) is 0. The normalized spacial score (nSPS) is 9.41. The van der Waals surface area contributed by atoms with Crippen molar-refractivity contribution in [2.45, 2.75) is 41.3 Å². The van der Waals surface area contributed by atoms with Crippen molar-refractivity contribution in [3.63, 3.8) is 0 Å². The van der Waals surface area contributed by atoms with Gasteiger partial charge in [-0.2, -0.15) is 63.1 Å². The fourth-order valence-electron chi connectivity index (χ4n) is 1.35. The van der Waals surface area contributed by atoms with E-state index in [1.165, 1.54) is 42.1 Å². The fraction of sp³-hybridized carbons (Fsp3) is 0.833. The molecule has 0 rings (SSSR count). The molecule has 0 fully saturated rings. The minimum Gasteiger partial charge on any atom is -0.480 e. The van der Waals surface area contributed by atoms with E-state index in [4.69, 9.17) is 14.7 Å². The summed E-state index contributed by atoms with van der Waals surface area (Å²) in [5, 5.41) is 9.00. The summed E-state index contributed by atoms with van der Waals surface area (Å²) in [5.74, 6) is 1.48. The van der Waals surface area contributed by atoms with Gasteiger partial charge >= 0.3 is 31.0 Å². The molecule has 0 radical (unpaired) electrons. The molecule has 0 unspecified atom stereocenters. The van der Waals surface area contributed by atoms with Crippen molar-refractivity contribution >= 4 is 82.7 Å². The van der Waals surface area contributed by atoms with Crippen LogP contribution in [0.2, 0.25) is 0 Å². The van der Waals surface area contributed by atoms with Gasteiger partial charge in [-0.3, -0.25) is 0 Å². The van der Waals surface area contributed by atoms with Gasteiger partial charge in [-0.05, 0) is 61.9 Å². The van der Waals surface area contributed by atoms with Crippen molar-refractivity contribution in [3.05, 3.63) is 6.92 Å². The molecule has 0 aromatic heterocycles. The molecule has 170 valence electrons. The number of carboxylic acids is 1. The number of carbonyl (C=O) groups is 1. The Kier molecular flexibility index (Phi) is 48.1. The zero-order chi connectivity index (χ0) is 22.8. The number of carboxylic acid groups (broad SMARTS) is 1. The SMILES string of the molecule is CSCCC(SC)(SC)C(=O)O.CSCCC(SC)SC.O=C=O.[CH2-]CCC.[Li+]. The van der Waals surface area contributed by atoms with Gasteiger partial charge in [0, 0.05) is 0 Å². The molecule has 0 aliphatic heterocycles. The molecule has 0 heterocycles. The van der Waals surface area contributed by atoms with Gasteiger partial charge in [-0.25, -0.2) is 4.79 Å². The minimum absolute atomic E-state index is 0. The second kappa shape index (κ2) is 34.2. The molecule has 29 heavy (non-hydrogen) atoms. The maximum atomic E-state index is 10.9. The summed E-state index contributed by atoms with van der Waals surface area (Å²) >= 11 is 10.4. The third-order valence-corrected chi connectivity index (χ3v) is 10.1. The Morgan fingerprint density at radius 2 is 1.38 bits per heavy atom. The molecule has 0 aliphatic rings. The summed E-state index contributed by atoms with van der Waals surface area (Å²) in [6.45, 7) is 5.72. The van der Waals surface area contributed by atoms with Crippen molar-refractivity contribution in [1.82, 2.24) is 0 Å². The minimum atomic E-state index is -0.712. The molecule has 11 heteroatoms. The summed E-state index contributed by atoms with van der Waals surface area (Å²) < 4.78 is 0.181. The van der Waals surface area contributed by atoms with Gasteiger partial charge in [0.05, 0.1) is 4.58 Å². The van der Waals surface area contributed by atoms with E-state index in [9.17, 15) is 4.79 Å². The van der Waals surface area contributed by atoms with Crippen LogP contribution in [0.3, 0.4) is 0 Å². The number of rotatable bonds is 12. The molecule has 0 amide bonds. The van der Waals surface area contributed by atoms with E-state index in [1.54, 1.807) is 11.8 Å². The summed E-state index contributed by atoms with van der Waals surface area (Å²) in [6.07, 6.45) is 16.8. The van der Waals surface area contributed by atoms with E-state index in [-0.39, 0.29) is 25.0 Å². The van der Waals surface area contributed by atoms with Gasteiger partial charge < -0.3 is 12.0 Å². The maximum Gasteiger partial charge on any atom is 1.00 e. The number of hydrogen-bond donors (Lipinski definition) is 1. The molecule has 0 atom stereocenters. The molecule has 0 aliphatic carbocycles. The Morgan fingerprint density at radius 1 is 1.00 bits per heavy atom. The zero-order valence-electron chi connectivity index (χ0n) is 19.1. The zero-order valence-corrected chi connectivity index (χ0v) is 24.0. The van der Waals surface area contributed by atoms with Crippen molar-refractivity contribution in [2.24, 2.45) is 0 Å². The first-order valence-corrected chi connectivity index (χ1v) is 16.3. The molecular formula is C18H37LiO4S6. The Morgan fingerprint density at radius 3 is 1.59 bits per heavy atom. The van der Waals surface area contributed by atoms with Crippen LogP contribution in [0.1, 0.15) is 32.6 Å². The van der Waals surface area contributed by atoms with E-state index in [2.05, 4.69) is 32.6 Å². The Bertz CT molecular complexity index is 349. The monoisotopic (exact) mass is 516 g/mol. The van der Waals surface area contributed by atoms with Crippen LogP contribution in [0.25, 0.3) is 0 Å². The number of unbranched alkanes of at least 4 members (excludes halogenated alkanes) is 1. The Labute approximate surface area is 216 Å². The van der Waals surface area contributed by atoms with Crippen LogP contribution in [-0.2, 0) is 14.4 Å². The molecule has 0 aromatic rings. The maximum absolute atomic E-state index is 10.9. The van der Waals surface area contributed by atoms with Gasteiger partial charge in [0.2, 0.25) is 0 Å².